The van der Waals surface area contributed by atoms with Crippen LogP contribution >= 0.6 is 23.2 Å². The molecule has 0 saturated heterocycles. The van der Waals surface area contributed by atoms with Gasteiger partial charge in [0, 0.05) is 19.6 Å². The Kier molecular flexibility index (Phi) is 5.88. The lowest BCUT2D eigenvalue weighted by Gasteiger charge is -2.24. The van der Waals surface area contributed by atoms with Crippen LogP contribution in [0.1, 0.15) is 13.3 Å². The molecule has 0 spiro atoms. The number of aromatic nitrogens is 3. The van der Waals surface area contributed by atoms with Crippen molar-refractivity contribution in [3.8, 4) is 0 Å². The van der Waals surface area contributed by atoms with E-state index in [4.69, 9.17) is 23.2 Å². The van der Waals surface area contributed by atoms with Gasteiger partial charge in [0.1, 0.15) is 0 Å². The van der Waals surface area contributed by atoms with Gasteiger partial charge < -0.3 is 9.80 Å². The van der Waals surface area contributed by atoms with E-state index in [-0.39, 0.29) is 5.28 Å². The first-order valence-corrected chi connectivity index (χ1v) is 6.25. The highest BCUT2D eigenvalue weighted by atomic mass is 35.5. The van der Waals surface area contributed by atoms with Crippen LogP contribution in [0.25, 0.3) is 0 Å². The molecule has 5 nitrogen and oxygen atoms in total. The second-order valence-electron chi connectivity index (χ2n) is 3.99. The summed E-state index contributed by atoms with van der Waals surface area (Å²) >= 11 is 11.7. The molecule has 0 aliphatic rings. The highest BCUT2D eigenvalue weighted by Crippen LogP contribution is 2.21. The van der Waals surface area contributed by atoms with Crippen molar-refractivity contribution in [1.29, 1.82) is 0 Å². The second kappa shape index (κ2) is 6.93. The number of nitrogens with zero attached hydrogens (tertiary/aromatic N) is 5. The molecular weight excluding hydrogens is 261 g/mol. The Labute approximate surface area is 112 Å². The third-order valence-corrected chi connectivity index (χ3v) is 2.62. The lowest BCUT2D eigenvalue weighted by atomic mass is 10.4. The quantitative estimate of drug-likeness (QED) is 0.796. The first kappa shape index (κ1) is 14.4. The summed E-state index contributed by atoms with van der Waals surface area (Å²) in [6, 6.07) is 0. The van der Waals surface area contributed by atoms with Crippen LogP contribution in [0, 0.1) is 0 Å². The first-order valence-electron chi connectivity index (χ1n) is 5.50. The SMILES string of the molecule is CCCN(CCN(C)C)c1nc(Cl)nnc1Cl. The maximum absolute atomic E-state index is 5.99. The normalized spacial score (nSPS) is 10.9. The molecule has 0 amide bonds. The van der Waals surface area contributed by atoms with Crippen molar-refractivity contribution >= 4 is 29.0 Å². The van der Waals surface area contributed by atoms with Crippen LogP contribution in [0.2, 0.25) is 10.4 Å². The van der Waals surface area contributed by atoms with E-state index in [1.54, 1.807) is 0 Å². The fraction of sp³-hybridized carbons (Fsp3) is 0.700. The van der Waals surface area contributed by atoms with Gasteiger partial charge in [0.05, 0.1) is 0 Å². The molecule has 96 valence electrons. The van der Waals surface area contributed by atoms with Gasteiger partial charge in [-0.3, -0.25) is 0 Å². The van der Waals surface area contributed by atoms with Crippen LogP contribution in [0.3, 0.4) is 0 Å². The Morgan fingerprint density at radius 3 is 2.35 bits per heavy atom. The Morgan fingerprint density at radius 2 is 1.76 bits per heavy atom. The summed E-state index contributed by atoms with van der Waals surface area (Å²) in [6.07, 6.45) is 1.01. The maximum Gasteiger partial charge on any atom is 0.245 e. The van der Waals surface area contributed by atoms with E-state index in [1.165, 1.54) is 0 Å². The number of anilines is 1. The van der Waals surface area contributed by atoms with Crippen molar-refractivity contribution in [2.24, 2.45) is 0 Å². The van der Waals surface area contributed by atoms with Crippen molar-refractivity contribution in [3.05, 3.63) is 10.4 Å². The molecule has 0 N–H and O–H groups in total. The third kappa shape index (κ3) is 4.61. The molecule has 1 aromatic rings. The molecule has 0 aliphatic carbocycles. The van der Waals surface area contributed by atoms with Crippen LogP contribution in [-0.2, 0) is 0 Å². The summed E-state index contributed by atoms with van der Waals surface area (Å²) < 4.78 is 0. The molecule has 17 heavy (non-hydrogen) atoms. The zero-order chi connectivity index (χ0) is 12.8. The third-order valence-electron chi connectivity index (χ3n) is 2.21. The minimum absolute atomic E-state index is 0.121. The van der Waals surface area contributed by atoms with Crippen molar-refractivity contribution in [1.82, 2.24) is 20.1 Å². The monoisotopic (exact) mass is 277 g/mol. The average Bonchev–Trinajstić information content (AvgIpc) is 2.27. The average molecular weight is 278 g/mol. The number of rotatable bonds is 6. The van der Waals surface area contributed by atoms with Gasteiger partial charge in [0.15, 0.2) is 11.0 Å². The van der Waals surface area contributed by atoms with Crippen LogP contribution in [0.4, 0.5) is 5.82 Å². The van der Waals surface area contributed by atoms with E-state index in [0.717, 1.165) is 26.1 Å². The highest BCUT2D eigenvalue weighted by molar-refractivity contribution is 6.32. The molecule has 0 atom stereocenters. The minimum atomic E-state index is 0.121. The fourth-order valence-corrected chi connectivity index (χ4v) is 1.72. The molecule has 1 rings (SSSR count). The van der Waals surface area contributed by atoms with Gasteiger partial charge in [-0.15, -0.1) is 10.2 Å². The van der Waals surface area contributed by atoms with Crippen LogP contribution < -0.4 is 4.90 Å². The maximum atomic E-state index is 5.99. The van der Waals surface area contributed by atoms with Crippen molar-refractivity contribution < 1.29 is 0 Å². The zero-order valence-corrected chi connectivity index (χ0v) is 11.8. The summed E-state index contributed by atoms with van der Waals surface area (Å²) in [5.74, 6) is 0.607. The largest absolute Gasteiger partial charge is 0.353 e. The molecule has 1 aromatic heterocycles. The van der Waals surface area contributed by atoms with E-state index >= 15 is 0 Å². The number of likely N-dealkylation sites (N-methyl/N-ethyl adjacent to an activating group) is 1. The predicted octanol–water partition coefficient (Wildman–Crippen LogP) is 1.96. The molecule has 0 unspecified atom stereocenters. The molecular formula is C10H17Cl2N5. The molecule has 0 aromatic carbocycles. The van der Waals surface area contributed by atoms with E-state index in [2.05, 4.69) is 31.9 Å². The molecule has 1 heterocycles. The smallest absolute Gasteiger partial charge is 0.245 e. The Balaban J connectivity index is 2.84. The topological polar surface area (TPSA) is 45.2 Å². The first-order chi connectivity index (χ1) is 8.04. The van der Waals surface area contributed by atoms with Gasteiger partial charge >= 0.3 is 0 Å². The van der Waals surface area contributed by atoms with Crippen LogP contribution in [-0.4, -0.2) is 53.8 Å². The van der Waals surface area contributed by atoms with Crippen LogP contribution in [0.5, 0.6) is 0 Å². The van der Waals surface area contributed by atoms with Gasteiger partial charge in [-0.2, -0.15) is 4.98 Å². The molecule has 0 fully saturated rings. The van der Waals surface area contributed by atoms with Crippen molar-refractivity contribution in [3.63, 3.8) is 0 Å². The van der Waals surface area contributed by atoms with Crippen molar-refractivity contribution in [2.75, 3.05) is 38.6 Å². The van der Waals surface area contributed by atoms with Crippen molar-refractivity contribution in [2.45, 2.75) is 13.3 Å². The molecule has 7 heteroatoms. The summed E-state index contributed by atoms with van der Waals surface area (Å²) in [6.45, 7) is 4.71. The Hall–Kier alpha value is -0.650. The molecule has 0 bridgehead atoms. The standard InChI is InChI=1S/C10H17Cl2N5/c1-4-5-17(7-6-16(2)3)9-8(11)14-15-10(12)13-9/h4-7H2,1-3H3. The summed E-state index contributed by atoms with van der Waals surface area (Å²) in [5.41, 5.74) is 0. The fourth-order valence-electron chi connectivity index (χ4n) is 1.40. The summed E-state index contributed by atoms with van der Waals surface area (Å²) in [7, 11) is 4.05. The van der Waals surface area contributed by atoms with E-state index in [1.807, 2.05) is 14.1 Å². The number of hydrogen-bond donors (Lipinski definition) is 0. The van der Waals surface area contributed by atoms with E-state index in [9.17, 15) is 0 Å². The number of hydrogen-bond acceptors (Lipinski definition) is 5. The van der Waals surface area contributed by atoms with Gasteiger partial charge in [-0.25, -0.2) is 0 Å². The molecule has 0 radical (unpaired) electrons. The van der Waals surface area contributed by atoms with Gasteiger partial charge in [-0.05, 0) is 32.1 Å². The van der Waals surface area contributed by atoms with E-state index in [0.29, 0.717) is 11.0 Å². The number of halogens is 2. The lowest BCUT2D eigenvalue weighted by Crippen LogP contribution is -2.33. The van der Waals surface area contributed by atoms with E-state index < -0.39 is 0 Å². The summed E-state index contributed by atoms with van der Waals surface area (Å²) in [4.78, 5) is 8.31. The summed E-state index contributed by atoms with van der Waals surface area (Å²) in [5, 5.41) is 7.80. The second-order valence-corrected chi connectivity index (χ2v) is 4.68. The molecule has 0 saturated carbocycles. The molecule has 0 aliphatic heterocycles. The Morgan fingerprint density at radius 1 is 1.06 bits per heavy atom. The van der Waals surface area contributed by atoms with Gasteiger partial charge in [-0.1, -0.05) is 18.5 Å². The predicted molar refractivity (Wildman–Crippen MR) is 70.9 cm³/mol. The van der Waals surface area contributed by atoms with Gasteiger partial charge in [0.2, 0.25) is 5.28 Å². The van der Waals surface area contributed by atoms with Gasteiger partial charge in [0.25, 0.3) is 0 Å². The Bertz CT molecular complexity index is 359. The highest BCUT2D eigenvalue weighted by Gasteiger charge is 2.14. The minimum Gasteiger partial charge on any atom is -0.353 e. The lowest BCUT2D eigenvalue weighted by molar-refractivity contribution is 0.412. The zero-order valence-electron chi connectivity index (χ0n) is 10.3. The van der Waals surface area contributed by atoms with Crippen LogP contribution in [0.15, 0.2) is 0 Å².